The minimum absolute atomic E-state index is 0.0332. The monoisotopic (exact) mass is 738 g/mol. The van der Waals surface area contributed by atoms with Crippen LogP contribution in [0.3, 0.4) is 0 Å². The molecule has 0 saturated heterocycles. The zero-order valence-corrected chi connectivity index (χ0v) is 28.5. The zero-order valence-electron chi connectivity index (χ0n) is 26.9. The molecule has 0 N–H and O–H groups in total. The molecule has 0 unspecified atom stereocenters. The molecule has 266 valence electrons. The van der Waals surface area contributed by atoms with Crippen molar-refractivity contribution in [1.29, 1.82) is 0 Å². The lowest BCUT2D eigenvalue weighted by Crippen LogP contribution is -2.28. The maximum absolute atomic E-state index is 13.3. The van der Waals surface area contributed by atoms with Crippen LogP contribution in [0.2, 0.25) is 0 Å². The van der Waals surface area contributed by atoms with Crippen LogP contribution in [0.4, 0.5) is 26.3 Å². The highest BCUT2D eigenvalue weighted by atomic mass is 32.2. The summed E-state index contributed by atoms with van der Waals surface area (Å²) in [5.41, 5.74) is -0.879. The second-order valence-corrected chi connectivity index (χ2v) is 13.5. The van der Waals surface area contributed by atoms with Crippen molar-refractivity contribution >= 4 is 44.0 Å². The van der Waals surface area contributed by atoms with Gasteiger partial charge in [0, 0.05) is 0 Å². The van der Waals surface area contributed by atoms with E-state index in [1.807, 2.05) is 48.5 Å². The Balaban J connectivity index is 1.76. The molecule has 5 aromatic carbocycles. The third-order valence-electron chi connectivity index (χ3n) is 7.96. The van der Waals surface area contributed by atoms with Crippen molar-refractivity contribution in [2.45, 2.75) is 64.2 Å². The van der Waals surface area contributed by atoms with Crippen molar-refractivity contribution in [2.75, 3.05) is 0 Å². The molecule has 5 aromatic rings. The second kappa shape index (κ2) is 15.5. The highest BCUT2D eigenvalue weighted by molar-refractivity contribution is 7.90. The lowest BCUT2D eigenvalue weighted by atomic mass is 9.85. The fourth-order valence-electron chi connectivity index (χ4n) is 5.63. The van der Waals surface area contributed by atoms with Gasteiger partial charge in [-0.05, 0) is 117 Å². The first kappa shape index (κ1) is 37.3. The average Bonchev–Trinajstić information content (AvgIpc) is 3.07. The molecule has 0 radical (unpaired) electrons. The third-order valence-corrected chi connectivity index (χ3v) is 9.32. The molecule has 0 aromatic heterocycles. The van der Waals surface area contributed by atoms with Gasteiger partial charge in [-0.25, -0.2) is 0 Å². The number of fused-ring (bicyclic) bond motifs is 2. The van der Waals surface area contributed by atoms with Crippen LogP contribution in [0.25, 0.3) is 43.8 Å². The molecule has 0 aliphatic heterocycles. The minimum atomic E-state index is -5.97. The molecule has 0 fully saturated rings. The lowest BCUT2D eigenvalue weighted by molar-refractivity contribution is -0.441. The van der Waals surface area contributed by atoms with Crippen LogP contribution in [0.15, 0.2) is 84.9 Å². The van der Waals surface area contributed by atoms with Crippen LogP contribution in [0, 0.1) is 0 Å². The van der Waals surface area contributed by atoms with E-state index in [0.29, 0.717) is 38.2 Å². The van der Waals surface area contributed by atoms with E-state index in [0.717, 1.165) is 61.3 Å². The van der Waals surface area contributed by atoms with Crippen LogP contribution < -0.4 is 8.37 Å². The molecule has 0 heterocycles. The van der Waals surface area contributed by atoms with Crippen molar-refractivity contribution in [1.82, 2.24) is 0 Å². The van der Waals surface area contributed by atoms with E-state index in [9.17, 15) is 34.8 Å². The molecule has 0 amide bonds. The Labute approximate surface area is 289 Å². The van der Waals surface area contributed by atoms with E-state index in [2.05, 4.69) is 27.3 Å². The van der Waals surface area contributed by atoms with Gasteiger partial charge in [0.05, 0.1) is 0 Å². The maximum atomic E-state index is 13.3. The molecule has 0 aliphatic carbocycles. The smallest absolute Gasteiger partial charge is 0.399 e. The van der Waals surface area contributed by atoms with Crippen LogP contribution in [-0.4, -0.2) is 20.3 Å². The predicted octanol–water partition coefficient (Wildman–Crippen LogP) is 11.7. The second-order valence-electron chi connectivity index (χ2n) is 11.5. The third kappa shape index (κ3) is 8.84. The summed E-state index contributed by atoms with van der Waals surface area (Å²) in [5, 5.41) is 2.14. The topological polar surface area (TPSA) is 71.1 Å². The Morgan fingerprint density at radius 1 is 0.620 bits per heavy atom. The first-order valence-corrected chi connectivity index (χ1v) is 17.8. The van der Waals surface area contributed by atoms with Gasteiger partial charge in [0.25, 0.3) is 12.3 Å². The van der Waals surface area contributed by atoms with Gasteiger partial charge in [-0.15, -0.1) is 22.4 Å². The fraction of sp³-hybridized carbons (Fsp3) is 0.278. The maximum Gasteiger partial charge on any atom is 0.550 e. The molecule has 0 atom stereocenters. The predicted molar refractivity (Wildman–Crippen MR) is 182 cm³/mol. The Morgan fingerprint density at radius 2 is 1.08 bits per heavy atom. The molecule has 5 rings (SSSR count). The van der Waals surface area contributed by atoms with Crippen molar-refractivity contribution in [3.63, 3.8) is 0 Å². The summed E-state index contributed by atoms with van der Waals surface area (Å²) in [6.07, 6.45) is 0.621. The van der Waals surface area contributed by atoms with Gasteiger partial charge >= 0.3 is 22.0 Å². The molecule has 0 aliphatic rings. The molecule has 0 saturated carbocycles. The van der Waals surface area contributed by atoms with E-state index in [-0.39, 0.29) is 18.1 Å². The van der Waals surface area contributed by atoms with Gasteiger partial charge in [0.15, 0.2) is 0 Å². The summed E-state index contributed by atoms with van der Waals surface area (Å²) in [4.78, 5) is 3.32. The first-order chi connectivity index (χ1) is 23.7. The van der Waals surface area contributed by atoms with E-state index >= 15 is 0 Å². The first-order valence-electron chi connectivity index (χ1n) is 15.7. The summed E-state index contributed by atoms with van der Waals surface area (Å²) in [5.74, 6) is -0.417. The molecule has 14 heteroatoms. The number of hydrogen-bond donors (Lipinski definition) is 0. The fourth-order valence-corrected chi connectivity index (χ4v) is 6.40. The standard InChI is InChI=1S/C36H32F6O6S2/c1-3-5-7-23-9-13-25(14-10-23)33-30-20-18-28(46-50(43,44)36(40,41)42)22-32(30)34(26-15-11-24(12-16-26)8-6-4-2)29-19-17-27(21-31(29)33)45-49-48-47-35(37,38)39/h9-22H,3-8H2,1-2H3. The van der Waals surface area contributed by atoms with Gasteiger partial charge in [-0.2, -0.15) is 21.6 Å². The van der Waals surface area contributed by atoms with Gasteiger partial charge in [-0.1, -0.05) is 75.2 Å². The minimum Gasteiger partial charge on any atom is -0.399 e. The normalized spacial score (nSPS) is 12.5. The highest BCUT2D eigenvalue weighted by Gasteiger charge is 2.48. The zero-order chi connectivity index (χ0) is 36.1. The number of benzene rings is 5. The van der Waals surface area contributed by atoms with E-state index in [1.54, 1.807) is 12.1 Å². The Kier molecular flexibility index (Phi) is 11.6. The van der Waals surface area contributed by atoms with Crippen molar-refractivity contribution < 1.29 is 52.3 Å². The summed E-state index contributed by atoms with van der Waals surface area (Å²) >= 11 is -0.0332. The molecule has 50 heavy (non-hydrogen) atoms. The summed E-state index contributed by atoms with van der Waals surface area (Å²) in [7, 11) is -5.97. The Morgan fingerprint density at radius 3 is 1.52 bits per heavy atom. The Hall–Kier alpha value is -3.98. The summed E-state index contributed by atoms with van der Waals surface area (Å²) in [6.45, 7) is 4.17. The van der Waals surface area contributed by atoms with Crippen molar-refractivity contribution in [3.8, 4) is 33.8 Å². The van der Waals surface area contributed by atoms with Crippen molar-refractivity contribution in [2.24, 2.45) is 0 Å². The van der Waals surface area contributed by atoms with E-state index < -0.39 is 27.7 Å². The largest absolute Gasteiger partial charge is 0.550 e. The SMILES string of the molecule is CCCCc1ccc(-c2c3ccc(OS(=O)(=O)C(F)(F)F)cc3c(-c3ccc(CCCC)cc3)c3ccc(OSOOC(F)(F)F)cc23)cc1. The summed E-state index contributed by atoms with van der Waals surface area (Å²) in [6, 6.07) is 24.1. The lowest BCUT2D eigenvalue weighted by Gasteiger charge is -2.20. The van der Waals surface area contributed by atoms with Crippen LogP contribution >= 0.6 is 12.3 Å². The number of hydrogen-bond acceptors (Lipinski definition) is 7. The molecule has 0 bridgehead atoms. The molecular formula is C36H32F6O6S2. The van der Waals surface area contributed by atoms with Crippen LogP contribution in [0.1, 0.15) is 50.7 Å². The van der Waals surface area contributed by atoms with Crippen LogP contribution in [0.5, 0.6) is 11.5 Å². The van der Waals surface area contributed by atoms with Gasteiger partial charge in [-0.3, -0.25) is 0 Å². The van der Waals surface area contributed by atoms with Gasteiger partial charge in [0.2, 0.25) is 0 Å². The summed E-state index contributed by atoms with van der Waals surface area (Å²) < 4.78 is 115. The van der Waals surface area contributed by atoms with Crippen LogP contribution in [-0.2, 0) is 32.2 Å². The molecule has 0 spiro atoms. The quantitative estimate of drug-likeness (QED) is 0.0164. The Bertz CT molecular complexity index is 2050. The average molecular weight is 739 g/mol. The van der Waals surface area contributed by atoms with Crippen molar-refractivity contribution in [3.05, 3.63) is 96.1 Å². The number of alkyl halides is 6. The number of aryl methyl sites for hydroxylation is 2. The van der Waals surface area contributed by atoms with Gasteiger partial charge < -0.3 is 8.37 Å². The van der Waals surface area contributed by atoms with Gasteiger partial charge in [0.1, 0.15) is 11.5 Å². The highest BCUT2D eigenvalue weighted by Crippen LogP contribution is 2.46. The molecule has 6 nitrogen and oxygen atoms in total. The van der Waals surface area contributed by atoms with E-state index in [1.165, 1.54) is 18.2 Å². The number of halogens is 6. The molecular weight excluding hydrogens is 707 g/mol. The number of unbranched alkanes of at least 4 members (excludes halogenated alkanes) is 2. The number of rotatable bonds is 14. The van der Waals surface area contributed by atoms with E-state index in [4.69, 9.17) is 4.18 Å².